The third kappa shape index (κ3) is 6.24. The molecule has 80 valence electrons. The quantitative estimate of drug-likeness (QED) is 0.673. The summed E-state index contributed by atoms with van der Waals surface area (Å²) in [5.74, 6) is 0.504. The maximum absolute atomic E-state index is 9.77. The molecule has 0 aromatic heterocycles. The van der Waals surface area contributed by atoms with Crippen LogP contribution in [0.3, 0.4) is 0 Å². The molecule has 0 aromatic rings. The van der Waals surface area contributed by atoms with Crippen LogP contribution in [0.1, 0.15) is 26.7 Å². The first-order valence-electron chi connectivity index (χ1n) is 5.09. The van der Waals surface area contributed by atoms with Crippen LogP contribution in [0.4, 0.5) is 0 Å². The van der Waals surface area contributed by atoms with Gasteiger partial charge in [-0.25, -0.2) is 0 Å². The summed E-state index contributed by atoms with van der Waals surface area (Å²) in [5.41, 5.74) is -0.277. The van der Waals surface area contributed by atoms with E-state index in [0.29, 0.717) is 12.3 Å². The highest BCUT2D eigenvalue weighted by atomic mass is 28.3. The fourth-order valence-electron chi connectivity index (χ4n) is 1.25. The second-order valence-electron chi connectivity index (χ2n) is 5.40. The fraction of sp³-hybridized carbons (Fsp3) is 1.00. The highest BCUT2D eigenvalue weighted by Gasteiger charge is 2.26. The Labute approximate surface area is 83.0 Å². The number of hydrogen-bond donors (Lipinski definition) is 2. The van der Waals surface area contributed by atoms with Crippen molar-refractivity contribution in [1.29, 1.82) is 0 Å². The number of rotatable bonds is 5. The van der Waals surface area contributed by atoms with Crippen molar-refractivity contribution in [3.8, 4) is 0 Å². The molecule has 2 atom stereocenters. The van der Waals surface area contributed by atoms with Crippen LogP contribution in [0.25, 0.3) is 0 Å². The van der Waals surface area contributed by atoms with Gasteiger partial charge in [0.1, 0.15) is 0 Å². The van der Waals surface area contributed by atoms with Gasteiger partial charge in [-0.3, -0.25) is 0 Å². The molecule has 0 spiro atoms. The monoisotopic (exact) mass is 204 g/mol. The molecule has 0 aliphatic heterocycles. The lowest BCUT2D eigenvalue weighted by Gasteiger charge is -2.26. The second kappa shape index (κ2) is 5.13. The molecule has 2 unspecified atom stereocenters. The van der Waals surface area contributed by atoms with Crippen molar-refractivity contribution in [3.63, 3.8) is 0 Å². The van der Waals surface area contributed by atoms with Crippen LogP contribution in [0, 0.1) is 5.92 Å². The van der Waals surface area contributed by atoms with Gasteiger partial charge in [0.2, 0.25) is 0 Å². The van der Waals surface area contributed by atoms with E-state index >= 15 is 0 Å². The normalized spacial score (nSPS) is 17.5. The van der Waals surface area contributed by atoms with Crippen molar-refractivity contribution < 1.29 is 10.2 Å². The minimum atomic E-state index is -1.48. The molecule has 0 saturated carbocycles. The van der Waals surface area contributed by atoms with E-state index in [-0.39, 0.29) is 11.8 Å². The number of aliphatic hydroxyl groups excluding tert-OH is 2. The fourth-order valence-corrected chi connectivity index (χ4v) is 2.23. The number of hydrogen-bond acceptors (Lipinski definition) is 2. The molecule has 0 fully saturated rings. The molecule has 0 aliphatic carbocycles. The van der Waals surface area contributed by atoms with Crippen LogP contribution >= 0.6 is 0 Å². The smallest absolute Gasteiger partial charge is 0.0782 e. The number of aliphatic hydroxyl groups is 2. The van der Waals surface area contributed by atoms with E-state index in [2.05, 4.69) is 33.5 Å². The van der Waals surface area contributed by atoms with Crippen LogP contribution in [0.2, 0.25) is 19.6 Å². The lowest BCUT2D eigenvalue weighted by atomic mass is 10.0. The molecular formula is C10H24O2Si. The van der Waals surface area contributed by atoms with E-state index < -0.39 is 8.07 Å². The van der Waals surface area contributed by atoms with Crippen molar-refractivity contribution in [2.24, 2.45) is 5.92 Å². The summed E-state index contributed by atoms with van der Waals surface area (Å²) in [7, 11) is -1.48. The molecule has 3 heteroatoms. The predicted octanol–water partition coefficient (Wildman–Crippen LogP) is 2.02. The van der Waals surface area contributed by atoms with E-state index in [4.69, 9.17) is 0 Å². The van der Waals surface area contributed by atoms with Gasteiger partial charge >= 0.3 is 0 Å². The summed E-state index contributed by atoms with van der Waals surface area (Å²) in [6, 6.07) is 0. The Bertz CT molecular complexity index is 140. The van der Waals surface area contributed by atoms with E-state index in [1.54, 1.807) is 0 Å². The van der Waals surface area contributed by atoms with Crippen LogP contribution in [0.5, 0.6) is 0 Å². The van der Waals surface area contributed by atoms with Gasteiger partial charge in [-0.15, -0.1) is 0 Å². The molecule has 0 rings (SSSR count). The summed E-state index contributed by atoms with van der Waals surface area (Å²) in [5, 5.41) is 19.4. The van der Waals surface area contributed by atoms with Gasteiger partial charge in [0.05, 0.1) is 14.2 Å². The van der Waals surface area contributed by atoms with Gasteiger partial charge in [0.15, 0.2) is 0 Å². The van der Waals surface area contributed by atoms with E-state index in [1.165, 1.54) is 0 Å². The van der Waals surface area contributed by atoms with E-state index in [9.17, 15) is 10.2 Å². The third-order valence-electron chi connectivity index (χ3n) is 2.24. The Morgan fingerprint density at radius 1 is 1.00 bits per heavy atom. The topological polar surface area (TPSA) is 40.5 Å². The van der Waals surface area contributed by atoms with Gasteiger partial charge in [-0.1, -0.05) is 33.5 Å². The molecule has 0 amide bonds. The zero-order chi connectivity index (χ0) is 10.6. The molecular weight excluding hydrogens is 180 g/mol. The van der Waals surface area contributed by atoms with Crippen LogP contribution in [-0.2, 0) is 0 Å². The Morgan fingerprint density at radius 3 is 1.77 bits per heavy atom. The molecule has 0 heterocycles. The molecule has 2 N–H and O–H groups in total. The van der Waals surface area contributed by atoms with Crippen molar-refractivity contribution in [2.45, 2.75) is 58.2 Å². The maximum Gasteiger partial charge on any atom is 0.0782 e. The highest BCUT2D eigenvalue weighted by molar-refractivity contribution is 6.77. The van der Waals surface area contributed by atoms with Crippen LogP contribution < -0.4 is 0 Å². The summed E-state index contributed by atoms with van der Waals surface area (Å²) in [4.78, 5) is 0. The summed E-state index contributed by atoms with van der Waals surface area (Å²) in [6.45, 7) is 10.5. The molecule has 13 heavy (non-hydrogen) atoms. The Kier molecular flexibility index (Phi) is 5.18. The van der Waals surface area contributed by atoms with Gasteiger partial charge in [-0.2, -0.15) is 0 Å². The van der Waals surface area contributed by atoms with E-state index in [0.717, 1.165) is 6.42 Å². The Hall–Kier alpha value is 0.137. The van der Waals surface area contributed by atoms with Gasteiger partial charge < -0.3 is 10.2 Å². The van der Waals surface area contributed by atoms with Gasteiger partial charge in [0, 0.05) is 5.73 Å². The molecule has 0 saturated heterocycles. The summed E-state index contributed by atoms with van der Waals surface area (Å²) < 4.78 is 0. The Morgan fingerprint density at radius 2 is 1.46 bits per heavy atom. The average molecular weight is 204 g/mol. The summed E-state index contributed by atoms with van der Waals surface area (Å²) >= 11 is 0. The highest BCUT2D eigenvalue weighted by Crippen LogP contribution is 2.16. The first-order valence-corrected chi connectivity index (χ1v) is 8.67. The Balaban J connectivity index is 3.85. The first-order chi connectivity index (χ1) is 5.73. The lowest BCUT2D eigenvalue weighted by Crippen LogP contribution is -2.40. The SMILES string of the molecule is CC(C)CC(O)CC(O)[Si](C)(C)C. The van der Waals surface area contributed by atoms with Crippen molar-refractivity contribution >= 4 is 8.07 Å². The summed E-state index contributed by atoms with van der Waals surface area (Å²) in [6.07, 6.45) is 1.01. The van der Waals surface area contributed by atoms with Crippen molar-refractivity contribution in [2.75, 3.05) is 0 Å². The van der Waals surface area contributed by atoms with Crippen LogP contribution in [-0.4, -0.2) is 30.1 Å². The molecule has 0 radical (unpaired) electrons. The van der Waals surface area contributed by atoms with Crippen LogP contribution in [0.15, 0.2) is 0 Å². The van der Waals surface area contributed by atoms with E-state index in [1.807, 2.05) is 0 Å². The second-order valence-corrected chi connectivity index (χ2v) is 10.8. The minimum Gasteiger partial charge on any atom is -0.396 e. The van der Waals surface area contributed by atoms with Gasteiger partial charge in [-0.05, 0) is 18.8 Å². The average Bonchev–Trinajstić information content (AvgIpc) is 1.82. The third-order valence-corrected chi connectivity index (χ3v) is 4.47. The zero-order valence-corrected chi connectivity index (χ0v) is 10.5. The predicted molar refractivity (Wildman–Crippen MR) is 59.4 cm³/mol. The molecule has 0 bridgehead atoms. The zero-order valence-electron chi connectivity index (χ0n) is 9.54. The molecule has 0 aromatic carbocycles. The van der Waals surface area contributed by atoms with Crippen molar-refractivity contribution in [3.05, 3.63) is 0 Å². The molecule has 0 aliphatic rings. The van der Waals surface area contributed by atoms with Crippen molar-refractivity contribution in [1.82, 2.24) is 0 Å². The maximum atomic E-state index is 9.77. The molecule has 2 nitrogen and oxygen atoms in total. The largest absolute Gasteiger partial charge is 0.396 e. The van der Waals surface area contributed by atoms with Gasteiger partial charge in [0.25, 0.3) is 0 Å². The lowest BCUT2D eigenvalue weighted by molar-refractivity contribution is 0.0963. The standard InChI is InChI=1S/C10H24O2Si/c1-8(2)6-9(11)7-10(12)13(3,4)5/h8-12H,6-7H2,1-5H3. The first kappa shape index (κ1) is 13.1. The minimum absolute atomic E-state index is 0.277.